The monoisotopic (exact) mass is 447 g/mol. The number of benzene rings is 3. The van der Waals surface area contributed by atoms with E-state index in [9.17, 15) is 4.79 Å². The van der Waals surface area contributed by atoms with Gasteiger partial charge in [-0.15, -0.1) is 0 Å². The van der Waals surface area contributed by atoms with Crippen molar-refractivity contribution in [1.29, 1.82) is 0 Å². The number of amides is 1. The molecular formula is C26H26ClN3O2. The minimum Gasteiger partial charge on any atom is -0.496 e. The Morgan fingerprint density at radius 1 is 1.06 bits per heavy atom. The van der Waals surface area contributed by atoms with Crippen molar-refractivity contribution in [3.8, 4) is 11.4 Å². The molecule has 3 aromatic carbocycles. The minimum absolute atomic E-state index is 0.121. The molecule has 5 nitrogen and oxygen atoms in total. The first-order valence-electron chi connectivity index (χ1n) is 10.8. The van der Waals surface area contributed by atoms with Crippen molar-refractivity contribution < 1.29 is 9.53 Å². The zero-order chi connectivity index (χ0) is 22.5. The SMILES string of the molecule is CCCCN(Cc1nc2ccccc2n1-c1ccccc1)C(=O)c1cc(Cl)ccc1OC. The molecule has 0 fully saturated rings. The molecule has 0 unspecified atom stereocenters. The molecule has 0 aliphatic rings. The van der Waals surface area contributed by atoms with Crippen LogP contribution in [-0.4, -0.2) is 34.0 Å². The van der Waals surface area contributed by atoms with Crippen LogP contribution in [0.1, 0.15) is 35.9 Å². The largest absolute Gasteiger partial charge is 0.496 e. The number of imidazole rings is 1. The van der Waals surface area contributed by atoms with Gasteiger partial charge in [0.1, 0.15) is 11.6 Å². The number of halogens is 1. The minimum atomic E-state index is -0.121. The molecule has 0 radical (unpaired) electrons. The first kappa shape index (κ1) is 21.9. The first-order valence-corrected chi connectivity index (χ1v) is 11.1. The molecule has 0 saturated carbocycles. The van der Waals surface area contributed by atoms with Crippen molar-refractivity contribution in [1.82, 2.24) is 14.5 Å². The second kappa shape index (κ2) is 9.88. The van der Waals surface area contributed by atoms with Crippen LogP contribution in [0, 0.1) is 0 Å². The zero-order valence-corrected chi connectivity index (χ0v) is 19.0. The molecular weight excluding hydrogens is 422 g/mol. The number of nitrogens with zero attached hydrogens (tertiary/aromatic N) is 3. The molecule has 0 saturated heterocycles. The topological polar surface area (TPSA) is 47.4 Å². The maximum absolute atomic E-state index is 13.6. The number of methoxy groups -OCH3 is 1. The molecule has 32 heavy (non-hydrogen) atoms. The van der Waals surface area contributed by atoms with Gasteiger partial charge in [-0.1, -0.05) is 55.3 Å². The van der Waals surface area contributed by atoms with E-state index in [1.165, 1.54) is 0 Å². The fraction of sp³-hybridized carbons (Fsp3) is 0.231. The van der Waals surface area contributed by atoms with Crippen LogP contribution in [0.3, 0.4) is 0 Å². The van der Waals surface area contributed by atoms with Gasteiger partial charge in [0.05, 0.1) is 30.3 Å². The van der Waals surface area contributed by atoms with Crippen molar-refractivity contribution in [2.45, 2.75) is 26.3 Å². The molecule has 6 heteroatoms. The number of ether oxygens (including phenoxy) is 1. The number of hydrogen-bond acceptors (Lipinski definition) is 3. The second-order valence-corrected chi connectivity index (χ2v) is 8.05. The number of aromatic nitrogens is 2. The molecule has 1 amide bonds. The van der Waals surface area contributed by atoms with E-state index in [1.54, 1.807) is 25.3 Å². The highest BCUT2D eigenvalue weighted by molar-refractivity contribution is 6.31. The summed E-state index contributed by atoms with van der Waals surface area (Å²) in [6, 6.07) is 23.3. The molecule has 0 N–H and O–H groups in total. The van der Waals surface area contributed by atoms with Crippen LogP contribution >= 0.6 is 11.6 Å². The van der Waals surface area contributed by atoms with Gasteiger partial charge in [-0.05, 0) is 48.9 Å². The van der Waals surface area contributed by atoms with Crippen LogP contribution in [-0.2, 0) is 6.54 Å². The third-order valence-corrected chi connectivity index (χ3v) is 5.67. The van der Waals surface area contributed by atoms with Gasteiger partial charge in [0, 0.05) is 17.3 Å². The van der Waals surface area contributed by atoms with Gasteiger partial charge in [-0.3, -0.25) is 9.36 Å². The van der Waals surface area contributed by atoms with Crippen LogP contribution < -0.4 is 4.74 Å². The average Bonchev–Trinajstić information content (AvgIpc) is 3.19. The fourth-order valence-corrected chi connectivity index (χ4v) is 4.01. The number of fused-ring (bicyclic) bond motifs is 1. The normalized spacial score (nSPS) is 11.0. The third kappa shape index (κ3) is 4.48. The Morgan fingerprint density at radius 2 is 1.81 bits per heavy atom. The molecule has 0 aliphatic heterocycles. The first-order chi connectivity index (χ1) is 15.6. The van der Waals surface area contributed by atoms with Crippen molar-refractivity contribution in [2.75, 3.05) is 13.7 Å². The van der Waals surface area contributed by atoms with Gasteiger partial charge in [0.15, 0.2) is 0 Å². The number of carbonyl (C=O) groups is 1. The Bertz CT molecular complexity index is 1220. The highest BCUT2D eigenvalue weighted by Gasteiger charge is 2.23. The lowest BCUT2D eigenvalue weighted by atomic mass is 10.1. The maximum atomic E-state index is 13.6. The van der Waals surface area contributed by atoms with E-state index in [-0.39, 0.29) is 5.91 Å². The number of rotatable bonds is 8. The lowest BCUT2D eigenvalue weighted by Gasteiger charge is -2.24. The summed E-state index contributed by atoms with van der Waals surface area (Å²) in [7, 11) is 1.56. The smallest absolute Gasteiger partial charge is 0.258 e. The predicted octanol–water partition coefficient (Wildman–Crippen LogP) is 6.13. The van der Waals surface area contributed by atoms with Crippen LogP contribution in [0.25, 0.3) is 16.7 Å². The second-order valence-electron chi connectivity index (χ2n) is 7.61. The van der Waals surface area contributed by atoms with Gasteiger partial charge in [-0.2, -0.15) is 0 Å². The van der Waals surface area contributed by atoms with Crippen molar-refractivity contribution in [2.24, 2.45) is 0 Å². The number of hydrogen-bond donors (Lipinski definition) is 0. The summed E-state index contributed by atoms with van der Waals surface area (Å²) in [5, 5.41) is 0.501. The van der Waals surface area contributed by atoms with Gasteiger partial charge in [0.2, 0.25) is 0 Å². The molecule has 4 rings (SSSR count). The van der Waals surface area contributed by atoms with Gasteiger partial charge in [-0.25, -0.2) is 4.98 Å². The molecule has 4 aromatic rings. The van der Waals surface area contributed by atoms with Crippen molar-refractivity contribution in [3.63, 3.8) is 0 Å². The Morgan fingerprint density at radius 3 is 2.56 bits per heavy atom. The number of carbonyl (C=O) groups excluding carboxylic acids is 1. The van der Waals surface area contributed by atoms with E-state index >= 15 is 0 Å². The van der Waals surface area contributed by atoms with E-state index < -0.39 is 0 Å². The Hall–Kier alpha value is -3.31. The molecule has 0 spiro atoms. The van der Waals surface area contributed by atoms with Gasteiger partial charge >= 0.3 is 0 Å². The van der Waals surface area contributed by atoms with Crippen molar-refractivity contribution in [3.05, 3.63) is 89.2 Å². The van der Waals surface area contributed by atoms with E-state index in [0.29, 0.717) is 29.4 Å². The molecule has 1 aromatic heterocycles. The van der Waals surface area contributed by atoms with Gasteiger partial charge < -0.3 is 9.64 Å². The number of unbranched alkanes of at least 4 members (excludes halogenated alkanes) is 1. The highest BCUT2D eigenvalue weighted by atomic mass is 35.5. The molecule has 0 bridgehead atoms. The standard InChI is InChI=1S/C26H26ClN3O2/c1-3-4-16-29(26(31)21-17-19(27)14-15-24(21)32-2)18-25-28-22-12-8-9-13-23(22)30(25)20-10-6-5-7-11-20/h5-15,17H,3-4,16,18H2,1-2H3. The summed E-state index contributed by atoms with van der Waals surface area (Å²) in [6.07, 6.45) is 1.87. The Kier molecular flexibility index (Phi) is 6.76. The molecule has 164 valence electrons. The highest BCUT2D eigenvalue weighted by Crippen LogP contribution is 2.27. The Balaban J connectivity index is 1.77. The maximum Gasteiger partial charge on any atom is 0.258 e. The molecule has 0 aliphatic carbocycles. The summed E-state index contributed by atoms with van der Waals surface area (Å²) in [6.45, 7) is 3.10. The summed E-state index contributed by atoms with van der Waals surface area (Å²) >= 11 is 6.20. The third-order valence-electron chi connectivity index (χ3n) is 5.44. The zero-order valence-electron chi connectivity index (χ0n) is 18.3. The van der Waals surface area contributed by atoms with Crippen LogP contribution in [0.2, 0.25) is 5.02 Å². The lowest BCUT2D eigenvalue weighted by molar-refractivity contribution is 0.0732. The number of para-hydroxylation sites is 3. The quantitative estimate of drug-likeness (QED) is 0.326. The van der Waals surface area contributed by atoms with E-state index in [4.69, 9.17) is 21.3 Å². The Labute approximate surface area is 193 Å². The average molecular weight is 448 g/mol. The molecule has 0 atom stereocenters. The summed E-state index contributed by atoms with van der Waals surface area (Å²) in [4.78, 5) is 20.3. The van der Waals surface area contributed by atoms with Crippen LogP contribution in [0.5, 0.6) is 5.75 Å². The molecule has 1 heterocycles. The lowest BCUT2D eigenvalue weighted by Crippen LogP contribution is -2.33. The van der Waals surface area contributed by atoms with Crippen LogP contribution in [0.15, 0.2) is 72.8 Å². The van der Waals surface area contributed by atoms with E-state index in [0.717, 1.165) is 35.4 Å². The van der Waals surface area contributed by atoms with E-state index in [2.05, 4.69) is 29.7 Å². The van der Waals surface area contributed by atoms with Crippen LogP contribution in [0.4, 0.5) is 0 Å². The van der Waals surface area contributed by atoms with Gasteiger partial charge in [0.25, 0.3) is 5.91 Å². The van der Waals surface area contributed by atoms with Crippen molar-refractivity contribution >= 4 is 28.5 Å². The summed E-state index contributed by atoms with van der Waals surface area (Å²) in [5.41, 5.74) is 3.38. The predicted molar refractivity (Wildman–Crippen MR) is 129 cm³/mol. The van der Waals surface area contributed by atoms with E-state index in [1.807, 2.05) is 41.3 Å². The summed E-state index contributed by atoms with van der Waals surface area (Å²) < 4.78 is 7.56. The summed E-state index contributed by atoms with van der Waals surface area (Å²) in [5.74, 6) is 1.20. The fourth-order valence-electron chi connectivity index (χ4n) is 3.84.